The van der Waals surface area contributed by atoms with E-state index in [1.54, 1.807) is 11.1 Å². The summed E-state index contributed by atoms with van der Waals surface area (Å²) in [6.45, 7) is 4.63. The lowest BCUT2D eigenvalue weighted by molar-refractivity contribution is 0.610. The van der Waals surface area contributed by atoms with Gasteiger partial charge in [0.2, 0.25) is 0 Å². The van der Waals surface area contributed by atoms with Crippen LogP contribution in [0.4, 0.5) is 0 Å². The van der Waals surface area contributed by atoms with Crippen LogP contribution in [-0.4, -0.2) is 0 Å². The SMILES string of the molecule is CCCCCCCC/C(=C(/CCCCCCCC)c1cc2c(ccc3sccc32)s1)c1cc2c(ccc3sccc32)s1. The fourth-order valence-corrected chi connectivity index (χ4v) is 10.4. The summed E-state index contributed by atoms with van der Waals surface area (Å²) >= 11 is 7.79. The number of fused-ring (bicyclic) bond motifs is 6. The molecule has 4 heterocycles. The van der Waals surface area contributed by atoms with Gasteiger partial charge in [-0.2, -0.15) is 0 Å². The van der Waals surface area contributed by atoms with Crippen molar-refractivity contribution in [2.45, 2.75) is 104 Å². The molecule has 2 aromatic carbocycles. The quantitative estimate of drug-likeness (QED) is 0.0935. The van der Waals surface area contributed by atoms with Gasteiger partial charge < -0.3 is 0 Å². The van der Waals surface area contributed by atoms with Crippen LogP contribution >= 0.6 is 45.3 Å². The van der Waals surface area contributed by atoms with Crippen molar-refractivity contribution >= 4 is 96.8 Å². The lowest BCUT2D eigenvalue weighted by Crippen LogP contribution is -1.92. The average molecular weight is 629 g/mol. The highest BCUT2D eigenvalue weighted by atomic mass is 32.1. The number of benzene rings is 2. The molecule has 4 aromatic heterocycles. The summed E-state index contributed by atoms with van der Waals surface area (Å²) < 4.78 is 5.69. The third kappa shape index (κ3) is 6.73. The number of hydrogen-bond acceptors (Lipinski definition) is 4. The van der Waals surface area contributed by atoms with Gasteiger partial charge >= 0.3 is 0 Å². The van der Waals surface area contributed by atoms with E-state index in [0.29, 0.717) is 0 Å². The minimum absolute atomic E-state index is 1.19. The van der Waals surface area contributed by atoms with E-state index in [2.05, 4.69) is 73.1 Å². The van der Waals surface area contributed by atoms with Gasteiger partial charge in [-0.05, 0) is 96.1 Å². The van der Waals surface area contributed by atoms with Crippen LogP contribution in [0.3, 0.4) is 0 Å². The molecule has 0 unspecified atom stereocenters. The Hall–Kier alpha value is -1.98. The van der Waals surface area contributed by atoms with Crippen molar-refractivity contribution in [2.75, 3.05) is 0 Å². The van der Waals surface area contributed by atoms with Gasteiger partial charge in [0, 0.05) is 50.1 Å². The number of thiophene rings is 4. The van der Waals surface area contributed by atoms with E-state index >= 15 is 0 Å². The summed E-state index contributed by atoms with van der Waals surface area (Å²) in [6.07, 6.45) is 18.5. The molecule has 0 spiro atoms. The van der Waals surface area contributed by atoms with Crippen molar-refractivity contribution in [3.8, 4) is 0 Å². The molecule has 6 rings (SSSR count). The Morgan fingerprint density at radius 1 is 0.452 bits per heavy atom. The molecule has 0 aliphatic rings. The molecule has 220 valence electrons. The van der Waals surface area contributed by atoms with Gasteiger partial charge in [-0.1, -0.05) is 78.1 Å². The molecule has 0 aliphatic carbocycles. The monoisotopic (exact) mass is 628 g/mol. The average Bonchev–Trinajstić information content (AvgIpc) is 3.81. The smallest absolute Gasteiger partial charge is 0.0356 e. The van der Waals surface area contributed by atoms with E-state index in [4.69, 9.17) is 0 Å². The first kappa shape index (κ1) is 30.1. The summed E-state index contributed by atoms with van der Waals surface area (Å²) in [5.41, 5.74) is 3.27. The zero-order valence-electron chi connectivity index (χ0n) is 25.3. The second-order valence-corrected chi connectivity index (χ2v) is 15.9. The van der Waals surface area contributed by atoms with Gasteiger partial charge in [-0.25, -0.2) is 0 Å². The number of allylic oxidation sites excluding steroid dienone is 2. The summed E-state index contributed by atoms with van der Waals surface area (Å²) in [7, 11) is 0. The Bertz CT molecular complexity index is 1640. The molecule has 42 heavy (non-hydrogen) atoms. The Morgan fingerprint density at radius 2 is 0.857 bits per heavy atom. The highest BCUT2D eigenvalue weighted by Gasteiger charge is 2.18. The maximum absolute atomic E-state index is 2.55. The summed E-state index contributed by atoms with van der Waals surface area (Å²) in [4.78, 5) is 3.02. The van der Waals surface area contributed by atoms with Gasteiger partial charge in [0.1, 0.15) is 0 Å². The molecular weight excluding hydrogens is 585 g/mol. The number of hydrogen-bond donors (Lipinski definition) is 0. The van der Waals surface area contributed by atoms with Gasteiger partial charge in [0.15, 0.2) is 0 Å². The highest BCUT2D eigenvalue weighted by molar-refractivity contribution is 7.22. The Balaban J connectivity index is 1.42. The van der Waals surface area contributed by atoms with Crippen molar-refractivity contribution in [1.82, 2.24) is 0 Å². The molecule has 0 amide bonds. The maximum atomic E-state index is 2.55. The Labute approximate surface area is 268 Å². The van der Waals surface area contributed by atoms with Crippen LogP contribution in [0.15, 0.2) is 59.3 Å². The van der Waals surface area contributed by atoms with E-state index in [-0.39, 0.29) is 0 Å². The number of unbranched alkanes of at least 4 members (excludes halogenated alkanes) is 10. The van der Waals surface area contributed by atoms with Crippen molar-refractivity contribution in [3.63, 3.8) is 0 Å². The van der Waals surface area contributed by atoms with Crippen LogP contribution < -0.4 is 0 Å². The lowest BCUT2D eigenvalue weighted by Gasteiger charge is -2.15. The molecule has 0 radical (unpaired) electrons. The fourth-order valence-electron chi connectivity index (χ4n) is 6.43. The third-order valence-electron chi connectivity index (χ3n) is 8.78. The van der Waals surface area contributed by atoms with Crippen molar-refractivity contribution in [1.29, 1.82) is 0 Å². The fraction of sp³-hybridized carbons (Fsp3) is 0.421. The standard InChI is InChI=1S/C38H44S4/c1-3-5-7-9-11-13-15-27(37-25-31-29-21-23-39-33(29)17-19-35(31)41-37)28(16-14-12-10-8-6-4-2)38-26-32-30-22-24-40-34(30)18-20-36(32)42-38/h17-26H,3-16H2,1-2H3/b28-27+. The van der Waals surface area contributed by atoms with E-state index in [0.717, 1.165) is 0 Å². The second-order valence-electron chi connectivity index (χ2n) is 11.8. The van der Waals surface area contributed by atoms with Crippen LogP contribution in [0.25, 0.3) is 51.5 Å². The van der Waals surface area contributed by atoms with E-state index in [1.165, 1.54) is 140 Å². The molecule has 0 nitrogen and oxygen atoms in total. The summed E-state index contributed by atoms with van der Waals surface area (Å²) in [5.74, 6) is 0. The summed E-state index contributed by atoms with van der Waals surface area (Å²) in [6, 6.07) is 19.1. The molecule has 0 saturated carbocycles. The van der Waals surface area contributed by atoms with Crippen molar-refractivity contribution in [2.24, 2.45) is 0 Å². The zero-order chi connectivity index (χ0) is 28.7. The highest BCUT2D eigenvalue weighted by Crippen LogP contribution is 2.45. The van der Waals surface area contributed by atoms with Crippen LogP contribution in [0, 0.1) is 0 Å². The molecule has 0 fully saturated rings. The van der Waals surface area contributed by atoms with Gasteiger partial charge in [0.05, 0.1) is 0 Å². The molecule has 0 saturated heterocycles. The van der Waals surface area contributed by atoms with E-state index < -0.39 is 0 Å². The molecule has 4 heteroatoms. The van der Waals surface area contributed by atoms with Gasteiger partial charge in [-0.15, -0.1) is 45.3 Å². The predicted molar refractivity (Wildman–Crippen MR) is 197 cm³/mol. The van der Waals surface area contributed by atoms with Crippen molar-refractivity contribution in [3.05, 3.63) is 69.0 Å². The summed E-state index contributed by atoms with van der Waals surface area (Å²) in [5, 5.41) is 10.3. The molecule has 0 aliphatic heterocycles. The van der Waals surface area contributed by atoms with Crippen molar-refractivity contribution < 1.29 is 0 Å². The second kappa shape index (κ2) is 14.7. The molecule has 0 bridgehead atoms. The van der Waals surface area contributed by atoms with Crippen LogP contribution in [0.2, 0.25) is 0 Å². The van der Waals surface area contributed by atoms with Gasteiger partial charge in [0.25, 0.3) is 0 Å². The normalized spacial score (nSPS) is 12.8. The Morgan fingerprint density at radius 3 is 1.31 bits per heavy atom. The first-order valence-corrected chi connectivity index (χ1v) is 19.7. The largest absolute Gasteiger partial charge is 0.144 e. The molecule has 0 atom stereocenters. The predicted octanol–water partition coefficient (Wildman–Crippen LogP) is 15.0. The van der Waals surface area contributed by atoms with Crippen LogP contribution in [-0.2, 0) is 0 Å². The lowest BCUT2D eigenvalue weighted by atomic mass is 9.93. The maximum Gasteiger partial charge on any atom is 0.0356 e. The minimum Gasteiger partial charge on any atom is -0.144 e. The topological polar surface area (TPSA) is 0 Å². The molecule has 6 aromatic rings. The number of rotatable bonds is 16. The van der Waals surface area contributed by atoms with E-state index in [9.17, 15) is 0 Å². The van der Waals surface area contributed by atoms with E-state index in [1.807, 2.05) is 45.3 Å². The Kier molecular flexibility index (Phi) is 10.5. The molecule has 0 N–H and O–H groups in total. The third-order valence-corrected chi connectivity index (χ3v) is 12.9. The van der Waals surface area contributed by atoms with Gasteiger partial charge in [-0.3, -0.25) is 0 Å². The zero-order valence-corrected chi connectivity index (χ0v) is 28.6. The molecular formula is C38H44S4. The minimum atomic E-state index is 1.19. The van der Waals surface area contributed by atoms with Crippen LogP contribution in [0.5, 0.6) is 0 Å². The first-order chi connectivity index (χ1) is 20.8. The first-order valence-electron chi connectivity index (χ1n) is 16.3. The van der Waals surface area contributed by atoms with Crippen LogP contribution in [0.1, 0.15) is 113 Å².